The molecule has 0 aromatic carbocycles. The van der Waals surface area contributed by atoms with E-state index in [4.69, 9.17) is 0 Å². The highest BCUT2D eigenvalue weighted by Gasteiger charge is 2.22. The van der Waals surface area contributed by atoms with E-state index in [0.29, 0.717) is 22.9 Å². The Kier molecular flexibility index (Phi) is 3.91. The van der Waals surface area contributed by atoms with E-state index in [2.05, 4.69) is 19.9 Å². The third-order valence-electron chi connectivity index (χ3n) is 3.42. The zero-order valence-electron chi connectivity index (χ0n) is 12.7. The molecule has 0 atom stereocenters. The van der Waals surface area contributed by atoms with Crippen molar-refractivity contribution in [2.45, 2.75) is 11.8 Å². The summed E-state index contributed by atoms with van der Waals surface area (Å²) in [5.41, 5.74) is 0.884. The molecule has 0 unspecified atom stereocenters. The third-order valence-corrected chi connectivity index (χ3v) is 5.17. The molecule has 118 valence electrons. The van der Waals surface area contributed by atoms with Crippen molar-refractivity contribution < 1.29 is 8.42 Å². The maximum Gasteiger partial charge on any atom is 0.180 e. The zero-order valence-corrected chi connectivity index (χ0v) is 13.5. The Morgan fingerprint density at radius 1 is 1.09 bits per heavy atom. The molecular formula is C15H15N5O2S. The van der Waals surface area contributed by atoms with Gasteiger partial charge in [0.1, 0.15) is 5.69 Å². The van der Waals surface area contributed by atoms with Gasteiger partial charge in [0.25, 0.3) is 0 Å². The van der Waals surface area contributed by atoms with Gasteiger partial charge in [0.15, 0.2) is 21.5 Å². The molecule has 8 heteroatoms. The molecule has 7 nitrogen and oxygen atoms in total. The SMILES string of the molecule is CCS(=O)(=O)c1cc(-c2ncccn2)cnc1-c1nccn1C. The fourth-order valence-corrected chi connectivity index (χ4v) is 3.23. The molecule has 0 radical (unpaired) electrons. The van der Waals surface area contributed by atoms with E-state index in [-0.39, 0.29) is 10.6 Å². The van der Waals surface area contributed by atoms with E-state index < -0.39 is 9.84 Å². The van der Waals surface area contributed by atoms with Gasteiger partial charge < -0.3 is 4.57 Å². The minimum atomic E-state index is -3.47. The van der Waals surface area contributed by atoms with Gasteiger partial charge in [0.2, 0.25) is 0 Å². The summed E-state index contributed by atoms with van der Waals surface area (Å²) in [7, 11) is -1.68. The van der Waals surface area contributed by atoms with Crippen molar-refractivity contribution in [1.82, 2.24) is 24.5 Å². The Morgan fingerprint density at radius 2 is 1.83 bits per heavy atom. The maximum absolute atomic E-state index is 12.5. The van der Waals surface area contributed by atoms with E-state index in [9.17, 15) is 8.42 Å². The standard InChI is InChI=1S/C15H15N5O2S/c1-3-23(21,22)12-9-11(14-16-5-4-6-17-14)10-19-13(12)15-18-7-8-20(15)2/h4-10H,3H2,1-2H3. The first kappa shape index (κ1) is 15.3. The molecule has 3 rings (SSSR count). The van der Waals surface area contributed by atoms with Crippen molar-refractivity contribution in [2.75, 3.05) is 5.75 Å². The molecule has 0 aliphatic rings. The Bertz CT molecular complexity index is 936. The van der Waals surface area contributed by atoms with Gasteiger partial charge in [-0.15, -0.1) is 0 Å². The van der Waals surface area contributed by atoms with E-state index in [1.54, 1.807) is 61.7 Å². The number of hydrogen-bond donors (Lipinski definition) is 0. The fraction of sp³-hybridized carbons (Fsp3) is 0.200. The summed E-state index contributed by atoms with van der Waals surface area (Å²) < 4.78 is 26.7. The van der Waals surface area contributed by atoms with Crippen LogP contribution in [0.4, 0.5) is 0 Å². The lowest BCUT2D eigenvalue weighted by molar-refractivity contribution is 0.597. The Balaban J connectivity index is 2.25. The maximum atomic E-state index is 12.5. The fourth-order valence-electron chi connectivity index (χ4n) is 2.17. The summed E-state index contributed by atoms with van der Waals surface area (Å²) in [5.74, 6) is 0.905. The molecule has 3 aromatic rings. The molecule has 0 N–H and O–H groups in total. The minimum Gasteiger partial charge on any atom is -0.333 e. The molecule has 0 saturated carbocycles. The summed E-state index contributed by atoms with van der Waals surface area (Å²) in [6.45, 7) is 1.60. The number of nitrogens with zero attached hydrogens (tertiary/aromatic N) is 5. The van der Waals surface area contributed by atoms with Gasteiger partial charge in [-0.05, 0) is 12.1 Å². The minimum absolute atomic E-state index is 0.0226. The van der Waals surface area contributed by atoms with Crippen LogP contribution in [0.2, 0.25) is 0 Å². The average molecular weight is 329 g/mol. The van der Waals surface area contributed by atoms with Crippen LogP contribution >= 0.6 is 0 Å². The molecule has 0 spiro atoms. The Hall–Kier alpha value is -2.61. The highest BCUT2D eigenvalue weighted by Crippen LogP contribution is 2.28. The molecule has 0 aliphatic carbocycles. The van der Waals surface area contributed by atoms with Crippen molar-refractivity contribution in [1.29, 1.82) is 0 Å². The van der Waals surface area contributed by atoms with Crippen molar-refractivity contribution in [2.24, 2.45) is 7.05 Å². The van der Waals surface area contributed by atoms with Gasteiger partial charge >= 0.3 is 0 Å². The number of sulfone groups is 1. The van der Waals surface area contributed by atoms with Gasteiger partial charge in [-0.1, -0.05) is 6.92 Å². The first-order valence-corrected chi connectivity index (χ1v) is 8.66. The van der Waals surface area contributed by atoms with Crippen LogP contribution in [0.25, 0.3) is 22.9 Å². The average Bonchev–Trinajstić information content (AvgIpc) is 3.01. The van der Waals surface area contributed by atoms with Gasteiger partial charge in [-0.25, -0.2) is 23.4 Å². The summed E-state index contributed by atoms with van der Waals surface area (Å²) in [6.07, 6.45) is 8.11. The molecular weight excluding hydrogens is 314 g/mol. The topological polar surface area (TPSA) is 90.6 Å². The highest BCUT2D eigenvalue weighted by atomic mass is 32.2. The molecule has 0 amide bonds. The van der Waals surface area contributed by atoms with Crippen LogP contribution in [0.15, 0.2) is 48.0 Å². The molecule has 3 heterocycles. The van der Waals surface area contributed by atoms with Gasteiger partial charge in [-0.2, -0.15) is 0 Å². The van der Waals surface area contributed by atoms with E-state index in [1.807, 2.05) is 0 Å². The van der Waals surface area contributed by atoms with Crippen molar-refractivity contribution in [3.8, 4) is 22.9 Å². The monoisotopic (exact) mass is 329 g/mol. The second-order valence-corrected chi connectivity index (χ2v) is 7.15. The first-order valence-electron chi connectivity index (χ1n) is 7.01. The normalized spacial score (nSPS) is 11.6. The molecule has 0 bridgehead atoms. The second-order valence-electron chi connectivity index (χ2n) is 4.91. The number of imidazole rings is 1. The predicted molar refractivity (Wildman–Crippen MR) is 85.2 cm³/mol. The lowest BCUT2D eigenvalue weighted by Crippen LogP contribution is -2.09. The van der Waals surface area contributed by atoms with E-state index >= 15 is 0 Å². The summed E-state index contributed by atoms with van der Waals surface area (Å²) >= 11 is 0. The van der Waals surface area contributed by atoms with Crippen molar-refractivity contribution >= 4 is 9.84 Å². The molecule has 3 aromatic heterocycles. The number of hydrogen-bond acceptors (Lipinski definition) is 6. The van der Waals surface area contributed by atoms with Gasteiger partial charge in [-0.3, -0.25) is 4.98 Å². The summed E-state index contributed by atoms with van der Waals surface area (Å²) in [6, 6.07) is 3.26. The van der Waals surface area contributed by atoms with Crippen molar-refractivity contribution in [3.63, 3.8) is 0 Å². The lowest BCUT2D eigenvalue weighted by atomic mass is 10.2. The lowest BCUT2D eigenvalue weighted by Gasteiger charge is -2.10. The molecule has 0 aliphatic heterocycles. The number of pyridine rings is 1. The van der Waals surface area contributed by atoms with Crippen LogP contribution in [0.5, 0.6) is 0 Å². The van der Waals surface area contributed by atoms with Crippen LogP contribution in [0.1, 0.15) is 6.92 Å². The van der Waals surface area contributed by atoms with Gasteiger partial charge in [0, 0.05) is 43.6 Å². The quantitative estimate of drug-likeness (QED) is 0.724. The van der Waals surface area contributed by atoms with Gasteiger partial charge in [0.05, 0.1) is 10.6 Å². The summed E-state index contributed by atoms with van der Waals surface area (Å²) in [4.78, 5) is 17.0. The summed E-state index contributed by atoms with van der Waals surface area (Å²) in [5, 5.41) is 0. The van der Waals surface area contributed by atoms with Crippen LogP contribution in [0.3, 0.4) is 0 Å². The van der Waals surface area contributed by atoms with Crippen LogP contribution in [-0.4, -0.2) is 38.7 Å². The predicted octanol–water partition coefficient (Wildman–Crippen LogP) is 1.73. The Labute approximate surface area is 134 Å². The van der Waals surface area contributed by atoms with E-state index in [1.165, 1.54) is 0 Å². The smallest absolute Gasteiger partial charge is 0.180 e. The highest BCUT2D eigenvalue weighted by molar-refractivity contribution is 7.91. The Morgan fingerprint density at radius 3 is 2.43 bits per heavy atom. The molecule has 0 fully saturated rings. The second kappa shape index (κ2) is 5.88. The van der Waals surface area contributed by atoms with Crippen molar-refractivity contribution in [3.05, 3.63) is 43.1 Å². The zero-order chi connectivity index (χ0) is 16.4. The van der Waals surface area contributed by atoms with Crippen LogP contribution in [-0.2, 0) is 16.9 Å². The number of rotatable bonds is 4. The third kappa shape index (κ3) is 2.85. The molecule has 23 heavy (non-hydrogen) atoms. The largest absolute Gasteiger partial charge is 0.333 e. The van der Waals surface area contributed by atoms with Crippen LogP contribution < -0.4 is 0 Å². The molecule has 0 saturated heterocycles. The van der Waals surface area contributed by atoms with Crippen LogP contribution in [0, 0.1) is 0 Å². The van der Waals surface area contributed by atoms with E-state index in [0.717, 1.165) is 0 Å². The number of aromatic nitrogens is 5. The number of aryl methyl sites for hydroxylation is 1. The first-order chi connectivity index (χ1) is 11.0.